The Morgan fingerprint density at radius 2 is 1.93 bits per heavy atom. The van der Waals surface area contributed by atoms with Crippen molar-refractivity contribution in [1.82, 2.24) is 9.78 Å². The molecule has 0 radical (unpaired) electrons. The topological polar surface area (TPSA) is 107 Å². The fourth-order valence-electron chi connectivity index (χ4n) is 3.12. The van der Waals surface area contributed by atoms with Gasteiger partial charge >= 0.3 is 0 Å². The van der Waals surface area contributed by atoms with Gasteiger partial charge in [0.25, 0.3) is 5.91 Å². The van der Waals surface area contributed by atoms with Crippen LogP contribution in [0.2, 0.25) is 5.02 Å². The third kappa shape index (κ3) is 3.84. The van der Waals surface area contributed by atoms with Gasteiger partial charge in [-0.15, -0.1) is 11.3 Å². The van der Waals surface area contributed by atoms with Crippen molar-refractivity contribution >= 4 is 54.8 Å². The maximum atomic E-state index is 12.8. The van der Waals surface area contributed by atoms with Crippen LogP contribution in [0.3, 0.4) is 0 Å². The van der Waals surface area contributed by atoms with Gasteiger partial charge in [0.1, 0.15) is 4.83 Å². The fourth-order valence-corrected chi connectivity index (χ4v) is 5.19. The Morgan fingerprint density at radius 3 is 2.63 bits per heavy atom. The number of aromatic nitrogens is 2. The average Bonchev–Trinajstić information content (AvgIpc) is 3.23. The monoisotopic (exact) mass is 460 g/mol. The van der Waals surface area contributed by atoms with Crippen LogP contribution in [0, 0.1) is 13.8 Å². The summed E-state index contributed by atoms with van der Waals surface area (Å²) in [5.41, 5.74) is 2.44. The second kappa shape index (κ2) is 7.51. The Labute approximate surface area is 182 Å². The summed E-state index contributed by atoms with van der Waals surface area (Å²) in [6.45, 7) is 3.51. The zero-order valence-corrected chi connectivity index (χ0v) is 18.4. The quantitative estimate of drug-likeness (QED) is 0.474. The van der Waals surface area contributed by atoms with Gasteiger partial charge in [-0.25, -0.2) is 18.2 Å². The lowest BCUT2D eigenvalue weighted by molar-refractivity contribution is 0.103. The minimum Gasteiger partial charge on any atom is -0.321 e. The molecule has 0 atom stereocenters. The number of hydrogen-bond acceptors (Lipinski definition) is 5. The molecule has 10 heteroatoms. The van der Waals surface area contributed by atoms with E-state index >= 15 is 0 Å². The van der Waals surface area contributed by atoms with Gasteiger partial charge in [0.15, 0.2) is 0 Å². The van der Waals surface area contributed by atoms with E-state index in [1.165, 1.54) is 17.4 Å². The molecule has 7 nitrogen and oxygen atoms in total. The minimum absolute atomic E-state index is 0.0240. The zero-order valence-electron chi connectivity index (χ0n) is 16.0. The Balaban J connectivity index is 1.69. The smallest absolute Gasteiger partial charge is 0.265 e. The highest BCUT2D eigenvalue weighted by Crippen LogP contribution is 2.31. The van der Waals surface area contributed by atoms with E-state index in [1.54, 1.807) is 41.9 Å². The van der Waals surface area contributed by atoms with Crippen molar-refractivity contribution in [2.24, 2.45) is 5.14 Å². The normalized spacial score (nSPS) is 11.7. The van der Waals surface area contributed by atoms with Crippen LogP contribution in [-0.4, -0.2) is 24.1 Å². The first-order valence-corrected chi connectivity index (χ1v) is 11.6. The van der Waals surface area contributed by atoms with Gasteiger partial charge in [-0.05, 0) is 55.8 Å². The molecule has 2 heterocycles. The number of nitrogens with zero attached hydrogens (tertiary/aromatic N) is 2. The molecule has 0 unspecified atom stereocenters. The summed E-state index contributed by atoms with van der Waals surface area (Å²) in [4.78, 5) is 14.1. The molecule has 0 aliphatic rings. The third-order valence-corrected chi connectivity index (χ3v) is 6.97. The second-order valence-corrected chi connectivity index (χ2v) is 9.78. The number of fused-ring (bicyclic) bond motifs is 1. The number of nitrogens with one attached hydrogen (secondary N) is 1. The first kappa shape index (κ1) is 20.5. The molecule has 2 aromatic carbocycles. The van der Waals surface area contributed by atoms with Crippen LogP contribution in [0.5, 0.6) is 0 Å². The van der Waals surface area contributed by atoms with E-state index in [1.807, 2.05) is 19.1 Å². The highest BCUT2D eigenvalue weighted by molar-refractivity contribution is 7.89. The number of carbonyl (C=O) groups is 1. The van der Waals surface area contributed by atoms with E-state index in [4.69, 9.17) is 16.7 Å². The number of nitrogens with two attached hydrogens (primary N) is 1. The molecular weight excluding hydrogens is 444 g/mol. The number of primary sulfonamides is 1. The summed E-state index contributed by atoms with van der Waals surface area (Å²) in [5, 5.41) is 14.0. The number of halogens is 1. The standard InChI is InChI=1S/C20H17ClN4O3S2/c1-11-6-7-14(9-18(11)30(22,27)28)23-19(26)17-10-16-12(2)24-25(20(16)29-17)15-5-3-4-13(21)8-15/h3-10H,1-2H3,(H,23,26)(H2,22,27,28). The molecule has 4 rings (SSSR count). The lowest BCUT2D eigenvalue weighted by Crippen LogP contribution is -2.15. The van der Waals surface area contributed by atoms with Gasteiger partial charge in [-0.3, -0.25) is 4.79 Å². The highest BCUT2D eigenvalue weighted by atomic mass is 35.5. The number of rotatable bonds is 4. The number of anilines is 1. The number of hydrogen-bond donors (Lipinski definition) is 2. The van der Waals surface area contributed by atoms with Crippen LogP contribution < -0.4 is 10.5 Å². The first-order chi connectivity index (χ1) is 14.1. The van der Waals surface area contributed by atoms with Crippen LogP contribution in [0.4, 0.5) is 5.69 Å². The fraction of sp³-hybridized carbons (Fsp3) is 0.100. The molecule has 3 N–H and O–H groups in total. The van der Waals surface area contributed by atoms with Crippen molar-refractivity contribution in [1.29, 1.82) is 0 Å². The number of sulfonamides is 1. The predicted octanol–water partition coefficient (Wildman–Crippen LogP) is 4.26. The summed E-state index contributed by atoms with van der Waals surface area (Å²) < 4.78 is 25.2. The van der Waals surface area contributed by atoms with Gasteiger partial charge in [0.2, 0.25) is 10.0 Å². The number of aryl methyl sites for hydroxylation is 2. The molecule has 0 aliphatic carbocycles. The van der Waals surface area contributed by atoms with Crippen LogP contribution in [0.1, 0.15) is 20.9 Å². The maximum absolute atomic E-state index is 12.8. The molecule has 0 bridgehead atoms. The summed E-state index contributed by atoms with van der Waals surface area (Å²) in [6, 6.07) is 13.7. The Bertz CT molecular complexity index is 1410. The lowest BCUT2D eigenvalue weighted by Gasteiger charge is -2.08. The van der Waals surface area contributed by atoms with Gasteiger partial charge < -0.3 is 5.32 Å². The van der Waals surface area contributed by atoms with Crippen molar-refractivity contribution in [3.63, 3.8) is 0 Å². The van der Waals surface area contributed by atoms with Crippen molar-refractivity contribution in [2.75, 3.05) is 5.32 Å². The van der Waals surface area contributed by atoms with E-state index in [0.29, 0.717) is 21.2 Å². The summed E-state index contributed by atoms with van der Waals surface area (Å²) in [5.74, 6) is -0.350. The van der Waals surface area contributed by atoms with Crippen LogP contribution in [0.15, 0.2) is 53.4 Å². The number of thiophene rings is 1. The Kier molecular flexibility index (Phi) is 5.15. The summed E-state index contributed by atoms with van der Waals surface area (Å²) in [7, 11) is -3.88. The van der Waals surface area contributed by atoms with E-state index in [0.717, 1.165) is 21.6 Å². The minimum atomic E-state index is -3.88. The van der Waals surface area contributed by atoms with Gasteiger partial charge in [0.05, 0.1) is 21.2 Å². The van der Waals surface area contributed by atoms with Crippen molar-refractivity contribution in [3.05, 3.63) is 69.7 Å². The molecule has 2 aromatic heterocycles. The zero-order chi connectivity index (χ0) is 21.6. The largest absolute Gasteiger partial charge is 0.321 e. The van der Waals surface area contributed by atoms with E-state index in [2.05, 4.69) is 10.4 Å². The van der Waals surface area contributed by atoms with E-state index in [-0.39, 0.29) is 10.8 Å². The molecule has 0 saturated carbocycles. The van der Waals surface area contributed by atoms with Gasteiger partial charge in [0, 0.05) is 16.1 Å². The second-order valence-electron chi connectivity index (χ2n) is 6.79. The van der Waals surface area contributed by atoms with Gasteiger partial charge in [-0.2, -0.15) is 5.10 Å². The molecule has 1 amide bonds. The van der Waals surface area contributed by atoms with Crippen LogP contribution >= 0.6 is 22.9 Å². The summed E-state index contributed by atoms with van der Waals surface area (Å²) in [6.07, 6.45) is 0. The number of carbonyl (C=O) groups excluding carboxylic acids is 1. The molecule has 0 aliphatic heterocycles. The van der Waals surface area contributed by atoms with Crippen LogP contribution in [0.25, 0.3) is 15.9 Å². The number of benzene rings is 2. The Morgan fingerprint density at radius 1 is 1.17 bits per heavy atom. The SMILES string of the molecule is Cc1ccc(NC(=O)c2cc3c(C)nn(-c4cccc(Cl)c4)c3s2)cc1S(N)(=O)=O. The van der Waals surface area contributed by atoms with Crippen molar-refractivity contribution in [2.45, 2.75) is 18.7 Å². The van der Waals surface area contributed by atoms with Crippen molar-refractivity contribution in [3.8, 4) is 5.69 Å². The summed E-state index contributed by atoms with van der Waals surface area (Å²) >= 11 is 7.39. The predicted molar refractivity (Wildman–Crippen MR) is 119 cm³/mol. The molecule has 0 spiro atoms. The van der Waals surface area contributed by atoms with Gasteiger partial charge in [-0.1, -0.05) is 23.7 Å². The molecule has 0 fully saturated rings. The van der Waals surface area contributed by atoms with E-state index < -0.39 is 10.0 Å². The highest BCUT2D eigenvalue weighted by Gasteiger charge is 2.19. The van der Waals surface area contributed by atoms with E-state index in [9.17, 15) is 13.2 Å². The third-order valence-electron chi connectivity index (χ3n) is 4.57. The van der Waals surface area contributed by atoms with Crippen LogP contribution in [-0.2, 0) is 10.0 Å². The molecular formula is C20H17ClN4O3S2. The lowest BCUT2D eigenvalue weighted by atomic mass is 10.2. The molecule has 4 aromatic rings. The maximum Gasteiger partial charge on any atom is 0.265 e. The first-order valence-electron chi connectivity index (χ1n) is 8.83. The Hall–Kier alpha value is -2.72. The average molecular weight is 461 g/mol. The molecule has 0 saturated heterocycles. The van der Waals surface area contributed by atoms with Crippen molar-refractivity contribution < 1.29 is 13.2 Å². The number of amides is 1. The molecule has 154 valence electrons. The molecule has 30 heavy (non-hydrogen) atoms.